The van der Waals surface area contributed by atoms with Gasteiger partial charge in [-0.1, -0.05) is 29.8 Å². The molecule has 6 heteroatoms. The van der Waals surface area contributed by atoms with E-state index in [9.17, 15) is 9.59 Å². The molecule has 1 amide bonds. The summed E-state index contributed by atoms with van der Waals surface area (Å²) in [6.45, 7) is 5.75. The Morgan fingerprint density at radius 2 is 2.05 bits per heavy atom. The Balaban J connectivity index is 2.54. The molecule has 0 aromatic heterocycles. The van der Waals surface area contributed by atoms with Gasteiger partial charge in [0.05, 0.1) is 5.56 Å². The predicted octanol–water partition coefficient (Wildman–Crippen LogP) is 3.97. The lowest BCUT2D eigenvalue weighted by Gasteiger charge is -2.19. The Kier molecular flexibility index (Phi) is 6.43. The number of amides is 1. The number of carboxylic acids is 1. The largest absolute Gasteiger partial charge is 0.478 e. The van der Waals surface area contributed by atoms with Crippen molar-refractivity contribution in [3.63, 3.8) is 0 Å². The molecule has 0 aliphatic carbocycles. The summed E-state index contributed by atoms with van der Waals surface area (Å²) in [6, 6.07) is 4.71. The third-order valence-corrected chi connectivity index (χ3v) is 2.88. The van der Waals surface area contributed by atoms with Crippen molar-refractivity contribution in [1.29, 1.82) is 0 Å². The minimum atomic E-state index is -1.03. The molecule has 22 heavy (non-hydrogen) atoms. The fourth-order valence-electron chi connectivity index (χ4n) is 1.67. The SMILES string of the molecule is CC(C)(C)OC(=O)NCCC=Cc1c(Cl)cccc1C(=O)O. The first-order chi connectivity index (χ1) is 10.2. The number of nitrogens with one attached hydrogen (secondary N) is 1. The first kappa shape index (κ1) is 18.0. The first-order valence-electron chi connectivity index (χ1n) is 6.86. The van der Waals surface area contributed by atoms with Crippen molar-refractivity contribution in [2.24, 2.45) is 0 Å². The van der Waals surface area contributed by atoms with Crippen LogP contribution in [0.2, 0.25) is 5.02 Å². The highest BCUT2D eigenvalue weighted by Crippen LogP contribution is 2.21. The highest BCUT2D eigenvalue weighted by Gasteiger charge is 2.15. The van der Waals surface area contributed by atoms with Crippen LogP contribution in [0.5, 0.6) is 0 Å². The van der Waals surface area contributed by atoms with Crippen LogP contribution in [0.4, 0.5) is 4.79 Å². The number of rotatable bonds is 5. The Hall–Kier alpha value is -2.01. The lowest BCUT2D eigenvalue weighted by atomic mass is 10.1. The van der Waals surface area contributed by atoms with Gasteiger partial charge in [0.2, 0.25) is 0 Å². The van der Waals surface area contributed by atoms with Crippen molar-refractivity contribution in [3.05, 3.63) is 40.4 Å². The van der Waals surface area contributed by atoms with E-state index in [4.69, 9.17) is 21.4 Å². The van der Waals surface area contributed by atoms with Gasteiger partial charge in [-0.25, -0.2) is 9.59 Å². The standard InChI is InChI=1S/C16H20ClNO4/c1-16(2,3)22-15(21)18-10-5-4-7-11-12(14(19)20)8-6-9-13(11)17/h4,6-9H,5,10H2,1-3H3,(H,18,21)(H,19,20). The fourth-order valence-corrected chi connectivity index (χ4v) is 1.90. The summed E-state index contributed by atoms with van der Waals surface area (Å²) in [5.74, 6) is -1.03. The maximum absolute atomic E-state index is 11.4. The number of halogens is 1. The number of alkyl carbamates (subject to hydrolysis) is 1. The topological polar surface area (TPSA) is 75.6 Å². The maximum Gasteiger partial charge on any atom is 0.407 e. The Labute approximate surface area is 134 Å². The molecule has 1 aromatic rings. The molecule has 120 valence electrons. The number of hydrogen-bond donors (Lipinski definition) is 2. The zero-order chi connectivity index (χ0) is 16.8. The second-order valence-corrected chi connectivity index (χ2v) is 6.03. The average molecular weight is 326 g/mol. The Morgan fingerprint density at radius 3 is 2.64 bits per heavy atom. The molecule has 1 rings (SSSR count). The summed E-state index contributed by atoms with van der Waals surface area (Å²) < 4.78 is 5.10. The van der Waals surface area contributed by atoms with E-state index in [2.05, 4.69) is 5.32 Å². The van der Waals surface area contributed by atoms with Crippen molar-refractivity contribution < 1.29 is 19.4 Å². The quantitative estimate of drug-likeness (QED) is 0.803. The summed E-state index contributed by atoms with van der Waals surface area (Å²) in [7, 11) is 0. The van der Waals surface area contributed by atoms with Crippen LogP contribution in [-0.2, 0) is 4.74 Å². The van der Waals surface area contributed by atoms with Crippen LogP contribution >= 0.6 is 11.6 Å². The molecule has 0 saturated carbocycles. The predicted molar refractivity (Wildman–Crippen MR) is 86.3 cm³/mol. The summed E-state index contributed by atoms with van der Waals surface area (Å²) in [5, 5.41) is 12.1. The zero-order valence-electron chi connectivity index (χ0n) is 12.9. The van der Waals surface area contributed by atoms with Crippen molar-refractivity contribution in [3.8, 4) is 0 Å². The van der Waals surface area contributed by atoms with E-state index < -0.39 is 17.7 Å². The molecule has 0 fully saturated rings. The Bertz CT molecular complexity index is 576. The molecule has 0 spiro atoms. The zero-order valence-corrected chi connectivity index (χ0v) is 13.6. The molecule has 2 N–H and O–H groups in total. The lowest BCUT2D eigenvalue weighted by Crippen LogP contribution is -2.32. The van der Waals surface area contributed by atoms with Gasteiger partial charge < -0.3 is 15.2 Å². The lowest BCUT2D eigenvalue weighted by molar-refractivity contribution is 0.0528. The van der Waals surface area contributed by atoms with E-state index in [1.807, 2.05) is 0 Å². The van der Waals surface area contributed by atoms with E-state index in [0.29, 0.717) is 23.6 Å². The molecule has 0 saturated heterocycles. The van der Waals surface area contributed by atoms with E-state index >= 15 is 0 Å². The first-order valence-corrected chi connectivity index (χ1v) is 7.23. The minimum absolute atomic E-state index is 0.142. The van der Waals surface area contributed by atoms with Gasteiger partial charge in [0.1, 0.15) is 5.60 Å². The van der Waals surface area contributed by atoms with Crippen LogP contribution in [-0.4, -0.2) is 29.3 Å². The van der Waals surface area contributed by atoms with Gasteiger partial charge in [-0.15, -0.1) is 0 Å². The monoisotopic (exact) mass is 325 g/mol. The van der Waals surface area contributed by atoms with Crippen LogP contribution in [0.3, 0.4) is 0 Å². The molecular weight excluding hydrogens is 306 g/mol. The molecule has 0 aliphatic heterocycles. The molecule has 0 atom stereocenters. The third kappa shape index (κ3) is 6.18. The van der Waals surface area contributed by atoms with E-state index in [0.717, 1.165) is 0 Å². The number of carbonyl (C=O) groups excluding carboxylic acids is 1. The van der Waals surface area contributed by atoms with Crippen LogP contribution < -0.4 is 5.32 Å². The summed E-state index contributed by atoms with van der Waals surface area (Å²) in [4.78, 5) is 22.6. The van der Waals surface area contributed by atoms with Crippen LogP contribution in [0.1, 0.15) is 43.1 Å². The van der Waals surface area contributed by atoms with Crippen molar-refractivity contribution in [2.45, 2.75) is 32.8 Å². The van der Waals surface area contributed by atoms with E-state index in [1.165, 1.54) is 6.07 Å². The molecule has 0 heterocycles. The van der Waals surface area contributed by atoms with Gasteiger partial charge in [-0.3, -0.25) is 0 Å². The third-order valence-electron chi connectivity index (χ3n) is 2.55. The number of carbonyl (C=O) groups is 2. The molecule has 0 bridgehead atoms. The van der Waals surface area contributed by atoms with Gasteiger partial charge in [-0.05, 0) is 39.3 Å². The van der Waals surface area contributed by atoms with E-state index in [-0.39, 0.29) is 5.56 Å². The molecule has 0 aliphatic rings. The number of ether oxygens (including phenoxy) is 1. The molecule has 0 radical (unpaired) electrons. The highest BCUT2D eigenvalue weighted by atomic mass is 35.5. The van der Waals surface area contributed by atoms with Crippen LogP contribution in [0, 0.1) is 0 Å². The maximum atomic E-state index is 11.4. The van der Waals surface area contributed by atoms with Crippen molar-refractivity contribution in [2.75, 3.05) is 6.54 Å². The van der Waals surface area contributed by atoms with E-state index in [1.54, 1.807) is 45.1 Å². The molecule has 0 unspecified atom stereocenters. The smallest absolute Gasteiger partial charge is 0.407 e. The van der Waals surface area contributed by atoms with Gasteiger partial charge in [0, 0.05) is 17.1 Å². The molecule has 1 aromatic carbocycles. The number of benzene rings is 1. The number of hydrogen-bond acceptors (Lipinski definition) is 3. The van der Waals surface area contributed by atoms with Crippen molar-refractivity contribution >= 4 is 29.7 Å². The molecule has 5 nitrogen and oxygen atoms in total. The van der Waals surface area contributed by atoms with Gasteiger partial charge in [0.25, 0.3) is 0 Å². The normalized spacial score (nSPS) is 11.5. The second kappa shape index (κ2) is 7.84. The number of carboxylic acid groups (broad SMARTS) is 1. The van der Waals surface area contributed by atoms with Gasteiger partial charge in [-0.2, -0.15) is 0 Å². The minimum Gasteiger partial charge on any atom is -0.478 e. The van der Waals surface area contributed by atoms with Crippen molar-refractivity contribution in [1.82, 2.24) is 5.32 Å². The van der Waals surface area contributed by atoms with Gasteiger partial charge in [0.15, 0.2) is 0 Å². The number of aromatic carboxylic acids is 1. The Morgan fingerprint density at radius 1 is 1.36 bits per heavy atom. The van der Waals surface area contributed by atoms with Gasteiger partial charge >= 0.3 is 12.1 Å². The van der Waals surface area contributed by atoms with Crippen LogP contribution in [0.25, 0.3) is 6.08 Å². The highest BCUT2D eigenvalue weighted by molar-refractivity contribution is 6.32. The summed E-state index contributed by atoms with van der Waals surface area (Å²) >= 11 is 6.01. The second-order valence-electron chi connectivity index (χ2n) is 5.63. The summed E-state index contributed by atoms with van der Waals surface area (Å²) in [5.41, 5.74) is 0.0613. The summed E-state index contributed by atoms with van der Waals surface area (Å²) in [6.07, 6.45) is 3.45. The molecular formula is C16H20ClNO4. The van der Waals surface area contributed by atoms with Crippen LogP contribution in [0.15, 0.2) is 24.3 Å². The average Bonchev–Trinajstić information content (AvgIpc) is 2.37. The fraction of sp³-hybridized carbons (Fsp3) is 0.375.